The first-order valence-corrected chi connectivity index (χ1v) is 4.34. The number of nitrogens with zero attached hydrogens (tertiary/aromatic N) is 1. The van der Waals surface area contributed by atoms with Crippen molar-refractivity contribution in [3.8, 4) is 0 Å². The summed E-state index contributed by atoms with van der Waals surface area (Å²) >= 11 is 0. The van der Waals surface area contributed by atoms with Crippen LogP contribution in [0.15, 0.2) is 12.2 Å². The molecule has 0 aromatic heterocycles. The molecule has 0 unspecified atom stereocenters. The molecule has 0 radical (unpaired) electrons. The minimum absolute atomic E-state index is 0.152. The van der Waals surface area contributed by atoms with Gasteiger partial charge in [-0.2, -0.15) is 0 Å². The minimum Gasteiger partial charge on any atom is -0.447 e. The zero-order valence-electron chi connectivity index (χ0n) is 7.66. The van der Waals surface area contributed by atoms with Gasteiger partial charge in [-0.15, -0.1) is 0 Å². The van der Waals surface area contributed by atoms with Gasteiger partial charge in [0.25, 0.3) is 0 Å². The fourth-order valence-corrected chi connectivity index (χ4v) is 1.13. The summed E-state index contributed by atoms with van der Waals surface area (Å²) in [4.78, 5) is 23.4. The van der Waals surface area contributed by atoms with Gasteiger partial charge in [0.1, 0.15) is 6.61 Å². The van der Waals surface area contributed by atoms with E-state index in [1.807, 2.05) is 19.1 Å². The molecule has 0 spiro atoms. The number of carbonyl (C=O) groups excluding carboxylic acids is 2. The summed E-state index contributed by atoms with van der Waals surface area (Å²) in [7, 11) is 0. The molecule has 1 saturated heterocycles. The molecule has 72 valence electrons. The van der Waals surface area contributed by atoms with E-state index < -0.39 is 6.09 Å². The lowest BCUT2D eigenvalue weighted by atomic mass is 10.2. The summed E-state index contributed by atoms with van der Waals surface area (Å²) in [5, 5.41) is 0. The van der Waals surface area contributed by atoms with Gasteiger partial charge in [0, 0.05) is 6.42 Å². The highest BCUT2D eigenvalue weighted by Gasteiger charge is 2.27. The largest absolute Gasteiger partial charge is 0.447 e. The van der Waals surface area contributed by atoms with E-state index in [0.29, 0.717) is 26.0 Å². The van der Waals surface area contributed by atoms with Gasteiger partial charge in [0.2, 0.25) is 5.91 Å². The number of allylic oxidation sites excluding steroid dienone is 2. The number of imide groups is 1. The molecule has 0 aromatic carbocycles. The predicted octanol–water partition coefficient (Wildman–Crippen LogP) is 1.32. The average Bonchev–Trinajstić information content (AvgIpc) is 2.52. The first kappa shape index (κ1) is 9.77. The highest BCUT2D eigenvalue weighted by Crippen LogP contribution is 2.06. The predicted molar refractivity (Wildman–Crippen MR) is 47.1 cm³/mol. The van der Waals surface area contributed by atoms with Crippen LogP contribution in [0.2, 0.25) is 0 Å². The third-order valence-electron chi connectivity index (χ3n) is 1.82. The Kier molecular flexibility index (Phi) is 3.49. The second kappa shape index (κ2) is 4.64. The summed E-state index contributed by atoms with van der Waals surface area (Å²) in [6.07, 6.45) is 4.33. The van der Waals surface area contributed by atoms with E-state index in [2.05, 4.69) is 4.74 Å². The average molecular weight is 183 g/mol. The number of hydrogen-bond acceptors (Lipinski definition) is 3. The van der Waals surface area contributed by atoms with Crippen molar-refractivity contribution in [2.24, 2.45) is 0 Å². The second-order valence-electron chi connectivity index (χ2n) is 2.77. The Labute approximate surface area is 77.2 Å². The number of ether oxygens (including phenoxy) is 1. The van der Waals surface area contributed by atoms with Crippen molar-refractivity contribution < 1.29 is 14.3 Å². The maximum atomic E-state index is 11.3. The molecular formula is C9H13NO3. The standard InChI is InChI=1S/C9H13NO3/c1-2-3-4-5-8(11)10-6-7-13-9(10)12/h2-3H,4-7H2,1H3/b3-2-. The molecule has 1 fully saturated rings. The summed E-state index contributed by atoms with van der Waals surface area (Å²) in [6, 6.07) is 0. The third kappa shape index (κ3) is 2.57. The molecule has 1 aliphatic heterocycles. The molecule has 13 heavy (non-hydrogen) atoms. The molecule has 0 N–H and O–H groups in total. The van der Waals surface area contributed by atoms with Crippen LogP contribution in [-0.4, -0.2) is 30.1 Å². The van der Waals surface area contributed by atoms with E-state index >= 15 is 0 Å². The van der Waals surface area contributed by atoms with Crippen LogP contribution in [0, 0.1) is 0 Å². The van der Waals surface area contributed by atoms with Crippen LogP contribution in [0.3, 0.4) is 0 Å². The van der Waals surface area contributed by atoms with E-state index in [1.54, 1.807) is 0 Å². The van der Waals surface area contributed by atoms with Crippen molar-refractivity contribution in [1.29, 1.82) is 0 Å². The Bertz CT molecular complexity index is 235. The topological polar surface area (TPSA) is 46.6 Å². The Morgan fingerprint density at radius 1 is 1.69 bits per heavy atom. The van der Waals surface area contributed by atoms with Crippen LogP contribution in [0.1, 0.15) is 19.8 Å². The number of hydrogen-bond donors (Lipinski definition) is 0. The van der Waals surface area contributed by atoms with Crippen LogP contribution in [-0.2, 0) is 9.53 Å². The monoisotopic (exact) mass is 183 g/mol. The Balaban J connectivity index is 2.34. The number of amides is 2. The zero-order chi connectivity index (χ0) is 9.68. The highest BCUT2D eigenvalue weighted by atomic mass is 16.6. The van der Waals surface area contributed by atoms with Gasteiger partial charge in [0.15, 0.2) is 0 Å². The number of carbonyl (C=O) groups is 2. The molecule has 4 heteroatoms. The first-order valence-electron chi connectivity index (χ1n) is 4.34. The molecule has 1 rings (SSSR count). The summed E-state index contributed by atoms with van der Waals surface area (Å²) in [6.45, 7) is 2.62. The molecule has 0 bridgehead atoms. The maximum Gasteiger partial charge on any atom is 0.416 e. The van der Waals surface area contributed by atoms with E-state index in [1.165, 1.54) is 0 Å². The van der Waals surface area contributed by atoms with Crippen LogP contribution in [0.4, 0.5) is 4.79 Å². The van der Waals surface area contributed by atoms with Crippen molar-refractivity contribution in [3.63, 3.8) is 0 Å². The van der Waals surface area contributed by atoms with E-state index in [0.717, 1.165) is 4.90 Å². The molecule has 0 atom stereocenters. The summed E-state index contributed by atoms with van der Waals surface area (Å²) in [5.41, 5.74) is 0. The van der Waals surface area contributed by atoms with Gasteiger partial charge in [-0.05, 0) is 13.3 Å². The molecule has 1 aliphatic rings. The lowest BCUT2D eigenvalue weighted by Gasteiger charge is -2.08. The highest BCUT2D eigenvalue weighted by molar-refractivity contribution is 5.92. The third-order valence-corrected chi connectivity index (χ3v) is 1.82. The maximum absolute atomic E-state index is 11.3. The smallest absolute Gasteiger partial charge is 0.416 e. The summed E-state index contributed by atoms with van der Waals surface area (Å²) < 4.78 is 4.64. The Morgan fingerprint density at radius 3 is 3.00 bits per heavy atom. The van der Waals surface area contributed by atoms with Gasteiger partial charge in [-0.3, -0.25) is 4.79 Å². The van der Waals surface area contributed by atoms with Crippen molar-refractivity contribution in [2.45, 2.75) is 19.8 Å². The van der Waals surface area contributed by atoms with Crippen molar-refractivity contribution in [3.05, 3.63) is 12.2 Å². The van der Waals surface area contributed by atoms with Crippen LogP contribution < -0.4 is 0 Å². The molecule has 1 heterocycles. The van der Waals surface area contributed by atoms with Crippen LogP contribution in [0.5, 0.6) is 0 Å². The van der Waals surface area contributed by atoms with Gasteiger partial charge >= 0.3 is 6.09 Å². The molecule has 0 aromatic rings. The number of cyclic esters (lactones) is 1. The molecule has 0 saturated carbocycles. The lowest BCUT2D eigenvalue weighted by Crippen LogP contribution is -2.31. The van der Waals surface area contributed by atoms with Crippen LogP contribution in [0.25, 0.3) is 0 Å². The lowest BCUT2D eigenvalue weighted by molar-refractivity contribution is -0.127. The summed E-state index contributed by atoms with van der Waals surface area (Å²) in [5.74, 6) is -0.152. The molecule has 4 nitrogen and oxygen atoms in total. The Morgan fingerprint density at radius 2 is 2.46 bits per heavy atom. The van der Waals surface area contributed by atoms with Gasteiger partial charge in [-0.25, -0.2) is 9.69 Å². The SMILES string of the molecule is C/C=C\CCC(=O)N1CCOC1=O. The van der Waals surface area contributed by atoms with Gasteiger partial charge in [0.05, 0.1) is 6.54 Å². The van der Waals surface area contributed by atoms with Crippen molar-refractivity contribution >= 4 is 12.0 Å². The van der Waals surface area contributed by atoms with Gasteiger partial charge in [-0.1, -0.05) is 12.2 Å². The number of rotatable bonds is 3. The second-order valence-corrected chi connectivity index (χ2v) is 2.77. The van der Waals surface area contributed by atoms with Gasteiger partial charge < -0.3 is 4.74 Å². The molecular weight excluding hydrogens is 170 g/mol. The quantitative estimate of drug-likeness (QED) is 0.620. The molecule has 2 amide bonds. The van der Waals surface area contributed by atoms with Crippen LogP contribution >= 0.6 is 0 Å². The first-order chi connectivity index (χ1) is 6.25. The van der Waals surface area contributed by atoms with E-state index in [4.69, 9.17) is 0 Å². The normalized spacial score (nSPS) is 16.7. The Hall–Kier alpha value is -1.32. The fourth-order valence-electron chi connectivity index (χ4n) is 1.13. The van der Waals surface area contributed by atoms with Crippen molar-refractivity contribution in [2.75, 3.05) is 13.2 Å². The van der Waals surface area contributed by atoms with E-state index in [-0.39, 0.29) is 5.91 Å². The van der Waals surface area contributed by atoms with Crippen molar-refractivity contribution in [1.82, 2.24) is 4.90 Å². The molecule has 0 aliphatic carbocycles. The minimum atomic E-state index is -0.509. The van der Waals surface area contributed by atoms with E-state index in [9.17, 15) is 9.59 Å². The zero-order valence-corrected chi connectivity index (χ0v) is 7.66. The fraction of sp³-hybridized carbons (Fsp3) is 0.556.